The summed E-state index contributed by atoms with van der Waals surface area (Å²) in [7, 11) is 2.13. The largest absolute Gasteiger partial charge is 0.343 e. The molecule has 1 N–H and O–H groups in total. The Bertz CT molecular complexity index is 982. The van der Waals surface area contributed by atoms with Crippen molar-refractivity contribution in [2.45, 2.75) is 6.04 Å². The molecule has 1 aromatic heterocycles. The molecular formula is C23H26FN5O. The number of hydrogen-bond donors (Lipinski definition) is 1. The Morgan fingerprint density at radius 3 is 2.57 bits per heavy atom. The summed E-state index contributed by atoms with van der Waals surface area (Å²) in [6.45, 7) is 4.74. The third-order valence-corrected chi connectivity index (χ3v) is 5.44. The topological polar surface area (TPSA) is 53.4 Å². The Labute approximate surface area is 175 Å². The number of amides is 1. The number of hydrogen-bond acceptors (Lipinski definition) is 4. The standard InChI is InChI=1S/C23H26FN5O/c1-27-12-14-28(15-13-27)17-22(18-6-3-2-4-7-18)25-23(30)21-10-11-29(26-21)20-9-5-8-19(24)16-20/h2-11,16,22H,12-15,17H2,1H3,(H,25,30). The molecule has 1 amide bonds. The van der Waals surface area contributed by atoms with E-state index in [0.717, 1.165) is 38.3 Å². The summed E-state index contributed by atoms with van der Waals surface area (Å²) in [4.78, 5) is 17.6. The summed E-state index contributed by atoms with van der Waals surface area (Å²) in [5, 5.41) is 7.48. The second-order valence-corrected chi connectivity index (χ2v) is 7.67. The molecule has 6 nitrogen and oxygen atoms in total. The lowest BCUT2D eigenvalue weighted by atomic mass is 10.1. The Hall–Kier alpha value is -3.03. The van der Waals surface area contributed by atoms with Crippen molar-refractivity contribution >= 4 is 5.91 Å². The lowest BCUT2D eigenvalue weighted by Gasteiger charge is -2.35. The van der Waals surface area contributed by atoms with Gasteiger partial charge in [0.2, 0.25) is 0 Å². The molecule has 1 unspecified atom stereocenters. The van der Waals surface area contributed by atoms with Crippen molar-refractivity contribution in [1.29, 1.82) is 0 Å². The summed E-state index contributed by atoms with van der Waals surface area (Å²) in [5.74, 6) is -0.585. The van der Waals surface area contributed by atoms with Gasteiger partial charge in [0, 0.05) is 38.9 Å². The molecule has 3 aromatic rings. The monoisotopic (exact) mass is 407 g/mol. The normalized spacial score (nSPS) is 16.3. The number of piperazine rings is 1. The first-order valence-electron chi connectivity index (χ1n) is 10.2. The van der Waals surface area contributed by atoms with Gasteiger partial charge in [-0.1, -0.05) is 36.4 Å². The Morgan fingerprint density at radius 2 is 1.83 bits per heavy atom. The fourth-order valence-corrected chi connectivity index (χ4v) is 3.65. The van der Waals surface area contributed by atoms with Gasteiger partial charge in [0.1, 0.15) is 5.82 Å². The van der Waals surface area contributed by atoms with Crippen LogP contribution in [0.4, 0.5) is 4.39 Å². The predicted octanol–water partition coefficient (Wildman–Crippen LogP) is 2.73. The van der Waals surface area contributed by atoms with Crippen molar-refractivity contribution < 1.29 is 9.18 Å². The first kappa shape index (κ1) is 20.3. The minimum atomic E-state index is -0.342. The molecule has 1 fully saturated rings. The molecule has 0 aliphatic carbocycles. The molecule has 0 radical (unpaired) electrons. The number of nitrogens with zero attached hydrogens (tertiary/aromatic N) is 4. The molecule has 0 spiro atoms. The van der Waals surface area contributed by atoms with Crippen molar-refractivity contribution in [3.63, 3.8) is 0 Å². The molecule has 4 rings (SSSR count). The lowest BCUT2D eigenvalue weighted by molar-refractivity contribution is 0.0902. The highest BCUT2D eigenvalue weighted by molar-refractivity contribution is 5.92. The molecular weight excluding hydrogens is 381 g/mol. The van der Waals surface area contributed by atoms with E-state index in [2.05, 4.69) is 27.3 Å². The molecule has 0 saturated carbocycles. The van der Waals surface area contributed by atoms with Crippen molar-refractivity contribution in [3.8, 4) is 5.69 Å². The van der Waals surface area contributed by atoms with Gasteiger partial charge in [-0.2, -0.15) is 5.10 Å². The minimum Gasteiger partial charge on any atom is -0.343 e. The van der Waals surface area contributed by atoms with Crippen LogP contribution in [0.15, 0.2) is 66.9 Å². The summed E-state index contributed by atoms with van der Waals surface area (Å²) < 4.78 is 15.0. The van der Waals surface area contributed by atoms with Gasteiger partial charge < -0.3 is 10.2 Å². The first-order chi connectivity index (χ1) is 14.6. The number of carbonyl (C=O) groups is 1. The van der Waals surface area contributed by atoms with Gasteiger partial charge in [0.25, 0.3) is 5.91 Å². The SMILES string of the molecule is CN1CCN(CC(NC(=O)c2ccn(-c3cccc(F)c3)n2)c2ccccc2)CC1. The second kappa shape index (κ2) is 9.19. The zero-order chi connectivity index (χ0) is 20.9. The highest BCUT2D eigenvalue weighted by Gasteiger charge is 2.22. The van der Waals surface area contributed by atoms with Crippen LogP contribution in [0.5, 0.6) is 0 Å². The molecule has 1 atom stereocenters. The van der Waals surface area contributed by atoms with Crippen LogP contribution in [-0.2, 0) is 0 Å². The molecule has 2 aromatic carbocycles. The summed E-state index contributed by atoms with van der Waals surface area (Å²) in [5.41, 5.74) is 1.94. The van der Waals surface area contributed by atoms with Gasteiger partial charge in [-0.25, -0.2) is 9.07 Å². The minimum absolute atomic E-state index is 0.138. The zero-order valence-electron chi connectivity index (χ0n) is 17.0. The number of nitrogens with one attached hydrogen (secondary N) is 1. The van der Waals surface area contributed by atoms with Crippen molar-refractivity contribution in [2.75, 3.05) is 39.8 Å². The molecule has 2 heterocycles. The van der Waals surface area contributed by atoms with E-state index < -0.39 is 0 Å². The van der Waals surface area contributed by atoms with E-state index in [9.17, 15) is 9.18 Å². The number of aromatic nitrogens is 2. The summed E-state index contributed by atoms with van der Waals surface area (Å²) >= 11 is 0. The van der Waals surface area contributed by atoms with Crippen LogP contribution >= 0.6 is 0 Å². The number of halogens is 1. The van der Waals surface area contributed by atoms with Gasteiger partial charge in [0.05, 0.1) is 11.7 Å². The van der Waals surface area contributed by atoms with Crippen LogP contribution in [0, 0.1) is 5.82 Å². The van der Waals surface area contributed by atoms with E-state index >= 15 is 0 Å². The van der Waals surface area contributed by atoms with Crippen molar-refractivity contribution in [2.24, 2.45) is 0 Å². The summed E-state index contributed by atoms with van der Waals surface area (Å²) in [6, 6.07) is 17.6. The van der Waals surface area contributed by atoms with Crippen LogP contribution in [0.1, 0.15) is 22.1 Å². The number of benzene rings is 2. The molecule has 1 aliphatic heterocycles. The molecule has 156 valence electrons. The quantitative estimate of drug-likeness (QED) is 0.683. The zero-order valence-corrected chi connectivity index (χ0v) is 17.0. The van der Waals surface area contributed by atoms with E-state index in [-0.39, 0.29) is 17.8 Å². The van der Waals surface area contributed by atoms with Gasteiger partial charge >= 0.3 is 0 Å². The average molecular weight is 407 g/mol. The first-order valence-corrected chi connectivity index (χ1v) is 10.2. The van der Waals surface area contributed by atoms with Crippen LogP contribution < -0.4 is 5.32 Å². The van der Waals surface area contributed by atoms with Crippen LogP contribution in [0.25, 0.3) is 5.69 Å². The highest BCUT2D eigenvalue weighted by Crippen LogP contribution is 2.17. The molecule has 1 saturated heterocycles. The third kappa shape index (κ3) is 4.93. The second-order valence-electron chi connectivity index (χ2n) is 7.67. The highest BCUT2D eigenvalue weighted by atomic mass is 19.1. The van der Waals surface area contributed by atoms with E-state index in [4.69, 9.17) is 0 Å². The molecule has 30 heavy (non-hydrogen) atoms. The predicted molar refractivity (Wildman–Crippen MR) is 114 cm³/mol. The molecule has 1 aliphatic rings. The number of rotatable bonds is 6. The smallest absolute Gasteiger partial charge is 0.272 e. The van der Waals surface area contributed by atoms with Crippen LogP contribution in [-0.4, -0.2) is 65.3 Å². The lowest BCUT2D eigenvalue weighted by Crippen LogP contribution is -2.47. The summed E-state index contributed by atoms with van der Waals surface area (Å²) in [6.07, 6.45) is 1.67. The van der Waals surface area contributed by atoms with Gasteiger partial charge in [-0.15, -0.1) is 0 Å². The van der Waals surface area contributed by atoms with Gasteiger partial charge in [0.15, 0.2) is 5.69 Å². The number of likely N-dealkylation sites (N-methyl/N-ethyl adjacent to an activating group) is 1. The average Bonchev–Trinajstić information content (AvgIpc) is 3.26. The Morgan fingerprint density at radius 1 is 1.07 bits per heavy atom. The van der Waals surface area contributed by atoms with Crippen LogP contribution in [0.3, 0.4) is 0 Å². The van der Waals surface area contributed by atoms with Crippen molar-refractivity contribution in [1.82, 2.24) is 24.9 Å². The van der Waals surface area contributed by atoms with E-state index in [1.54, 1.807) is 24.4 Å². The molecule has 7 heteroatoms. The van der Waals surface area contributed by atoms with E-state index in [0.29, 0.717) is 11.4 Å². The fourth-order valence-electron chi connectivity index (χ4n) is 3.65. The van der Waals surface area contributed by atoms with Crippen molar-refractivity contribution in [3.05, 3.63) is 83.9 Å². The Balaban J connectivity index is 1.49. The third-order valence-electron chi connectivity index (χ3n) is 5.44. The fraction of sp³-hybridized carbons (Fsp3) is 0.304. The maximum Gasteiger partial charge on any atom is 0.272 e. The van der Waals surface area contributed by atoms with E-state index in [1.165, 1.54) is 16.8 Å². The maximum absolute atomic E-state index is 13.5. The Kier molecular flexibility index (Phi) is 6.21. The van der Waals surface area contributed by atoms with Crippen LogP contribution in [0.2, 0.25) is 0 Å². The molecule has 0 bridgehead atoms. The number of carbonyl (C=O) groups excluding carboxylic acids is 1. The van der Waals surface area contributed by atoms with Gasteiger partial charge in [-0.3, -0.25) is 9.69 Å². The maximum atomic E-state index is 13.5. The van der Waals surface area contributed by atoms with E-state index in [1.807, 2.05) is 30.3 Å². The van der Waals surface area contributed by atoms with Gasteiger partial charge in [-0.05, 0) is 36.9 Å².